The number of nitrogens with one attached hydrogen (secondary N) is 2. The van der Waals surface area contributed by atoms with E-state index in [0.717, 1.165) is 6.54 Å². The van der Waals surface area contributed by atoms with Crippen LogP contribution in [0.1, 0.15) is 27.2 Å². The van der Waals surface area contributed by atoms with E-state index in [4.69, 9.17) is 17.0 Å². The van der Waals surface area contributed by atoms with Crippen LogP contribution in [0.5, 0.6) is 0 Å². The van der Waals surface area contributed by atoms with Crippen LogP contribution in [0.2, 0.25) is 0 Å². The maximum Gasteiger partial charge on any atom is 0.328 e. The SMILES string of the molecule is CCNC(=S)NC(CC(C)C)C(=O)OC. The van der Waals surface area contributed by atoms with Crippen molar-refractivity contribution in [2.75, 3.05) is 13.7 Å². The highest BCUT2D eigenvalue weighted by Gasteiger charge is 2.20. The van der Waals surface area contributed by atoms with Crippen LogP contribution in [-0.4, -0.2) is 30.8 Å². The number of esters is 1. The number of carbonyl (C=O) groups is 1. The topological polar surface area (TPSA) is 50.4 Å². The van der Waals surface area contributed by atoms with E-state index < -0.39 is 0 Å². The predicted molar refractivity (Wildman–Crippen MR) is 64.7 cm³/mol. The number of hydrogen-bond donors (Lipinski definition) is 2. The van der Waals surface area contributed by atoms with E-state index in [1.54, 1.807) is 0 Å². The third kappa shape index (κ3) is 6.28. The van der Waals surface area contributed by atoms with Crippen LogP contribution in [0, 0.1) is 5.92 Å². The van der Waals surface area contributed by atoms with Crippen molar-refractivity contribution >= 4 is 23.3 Å². The lowest BCUT2D eigenvalue weighted by molar-refractivity contribution is -0.143. The highest BCUT2D eigenvalue weighted by Crippen LogP contribution is 2.05. The highest BCUT2D eigenvalue weighted by atomic mass is 32.1. The second-order valence-electron chi connectivity index (χ2n) is 3.71. The quantitative estimate of drug-likeness (QED) is 0.548. The number of hydrogen-bond acceptors (Lipinski definition) is 3. The van der Waals surface area contributed by atoms with E-state index in [0.29, 0.717) is 17.5 Å². The number of rotatable bonds is 5. The number of ether oxygens (including phenoxy) is 1. The Labute approximate surface area is 96.8 Å². The van der Waals surface area contributed by atoms with Crippen molar-refractivity contribution in [2.24, 2.45) is 5.92 Å². The zero-order valence-corrected chi connectivity index (χ0v) is 10.6. The average Bonchev–Trinajstić information content (AvgIpc) is 2.15. The molecule has 88 valence electrons. The van der Waals surface area contributed by atoms with E-state index in [9.17, 15) is 4.79 Å². The molecule has 0 bridgehead atoms. The Bertz CT molecular complexity index is 219. The summed E-state index contributed by atoms with van der Waals surface area (Å²) in [5.74, 6) is 0.134. The summed E-state index contributed by atoms with van der Waals surface area (Å²) in [4.78, 5) is 11.4. The van der Waals surface area contributed by atoms with Gasteiger partial charge in [-0.15, -0.1) is 0 Å². The largest absolute Gasteiger partial charge is 0.467 e. The fourth-order valence-electron chi connectivity index (χ4n) is 1.20. The molecule has 0 aliphatic carbocycles. The van der Waals surface area contributed by atoms with Crippen LogP contribution in [0.15, 0.2) is 0 Å². The van der Waals surface area contributed by atoms with Gasteiger partial charge in [0.2, 0.25) is 0 Å². The van der Waals surface area contributed by atoms with Gasteiger partial charge in [0.05, 0.1) is 7.11 Å². The number of thiocarbonyl (C=S) groups is 1. The average molecular weight is 232 g/mol. The highest BCUT2D eigenvalue weighted by molar-refractivity contribution is 7.80. The van der Waals surface area contributed by atoms with Crippen molar-refractivity contribution in [1.29, 1.82) is 0 Å². The van der Waals surface area contributed by atoms with Gasteiger partial charge in [-0.3, -0.25) is 0 Å². The molecular formula is C10H20N2O2S. The molecule has 1 atom stereocenters. The standard InChI is InChI=1S/C10H20N2O2S/c1-5-11-10(15)12-8(6-7(2)3)9(13)14-4/h7-8H,5-6H2,1-4H3,(H2,11,12,15). The van der Waals surface area contributed by atoms with E-state index in [1.807, 2.05) is 20.8 Å². The molecule has 0 heterocycles. The third-order valence-corrected chi connectivity index (χ3v) is 2.10. The Kier molecular flexibility index (Phi) is 7.03. The van der Waals surface area contributed by atoms with Gasteiger partial charge in [0, 0.05) is 6.54 Å². The van der Waals surface area contributed by atoms with Crippen molar-refractivity contribution in [3.8, 4) is 0 Å². The summed E-state index contributed by atoms with van der Waals surface area (Å²) in [6.07, 6.45) is 0.707. The molecule has 0 aromatic carbocycles. The molecule has 0 aromatic heterocycles. The Hall–Kier alpha value is -0.840. The van der Waals surface area contributed by atoms with Crippen LogP contribution >= 0.6 is 12.2 Å². The Balaban J connectivity index is 4.24. The molecule has 0 radical (unpaired) electrons. The fourth-order valence-corrected chi connectivity index (χ4v) is 1.48. The van der Waals surface area contributed by atoms with Crippen LogP contribution < -0.4 is 10.6 Å². The normalized spacial score (nSPS) is 12.1. The summed E-state index contributed by atoms with van der Waals surface area (Å²) in [5.41, 5.74) is 0. The molecule has 0 spiro atoms. The van der Waals surface area contributed by atoms with Crippen molar-refractivity contribution in [2.45, 2.75) is 33.2 Å². The first-order valence-electron chi connectivity index (χ1n) is 5.13. The second-order valence-corrected chi connectivity index (χ2v) is 4.12. The molecule has 0 amide bonds. The molecule has 1 unspecified atom stereocenters. The smallest absolute Gasteiger partial charge is 0.328 e. The number of methoxy groups -OCH3 is 1. The summed E-state index contributed by atoms with van der Waals surface area (Å²) < 4.78 is 4.70. The van der Waals surface area contributed by atoms with Gasteiger partial charge in [-0.2, -0.15) is 0 Å². The molecule has 15 heavy (non-hydrogen) atoms. The molecule has 0 saturated carbocycles. The molecule has 0 aromatic rings. The monoisotopic (exact) mass is 232 g/mol. The lowest BCUT2D eigenvalue weighted by atomic mass is 10.0. The summed E-state index contributed by atoms with van der Waals surface area (Å²) >= 11 is 5.02. The molecule has 0 aliphatic rings. The lowest BCUT2D eigenvalue weighted by Crippen LogP contribution is -2.46. The molecule has 0 saturated heterocycles. The third-order valence-electron chi connectivity index (χ3n) is 1.84. The van der Waals surface area contributed by atoms with Crippen LogP contribution in [0.25, 0.3) is 0 Å². The van der Waals surface area contributed by atoms with E-state index >= 15 is 0 Å². The Morgan fingerprint density at radius 3 is 2.47 bits per heavy atom. The molecule has 0 rings (SSSR count). The van der Waals surface area contributed by atoms with Crippen molar-refractivity contribution in [3.63, 3.8) is 0 Å². The van der Waals surface area contributed by atoms with Gasteiger partial charge in [-0.1, -0.05) is 13.8 Å². The first-order valence-corrected chi connectivity index (χ1v) is 5.54. The molecule has 5 heteroatoms. The summed E-state index contributed by atoms with van der Waals surface area (Å²) in [7, 11) is 1.38. The van der Waals surface area contributed by atoms with E-state index in [-0.39, 0.29) is 12.0 Å². The number of carbonyl (C=O) groups excluding carboxylic acids is 1. The van der Waals surface area contributed by atoms with E-state index in [2.05, 4.69) is 10.6 Å². The molecular weight excluding hydrogens is 212 g/mol. The summed E-state index contributed by atoms with van der Waals surface area (Å²) in [6.45, 7) is 6.78. The predicted octanol–water partition coefficient (Wildman–Crippen LogP) is 1.06. The maximum absolute atomic E-state index is 11.4. The van der Waals surface area contributed by atoms with Crippen LogP contribution in [-0.2, 0) is 9.53 Å². The molecule has 0 fully saturated rings. The zero-order valence-electron chi connectivity index (χ0n) is 9.79. The van der Waals surface area contributed by atoms with Crippen molar-refractivity contribution < 1.29 is 9.53 Å². The molecule has 2 N–H and O–H groups in total. The first kappa shape index (κ1) is 14.2. The van der Waals surface area contributed by atoms with Gasteiger partial charge in [0.25, 0.3) is 0 Å². The second kappa shape index (κ2) is 7.45. The Morgan fingerprint density at radius 1 is 1.47 bits per heavy atom. The summed E-state index contributed by atoms with van der Waals surface area (Å²) in [5, 5.41) is 6.38. The van der Waals surface area contributed by atoms with Gasteiger partial charge >= 0.3 is 5.97 Å². The minimum atomic E-state index is -0.360. The lowest BCUT2D eigenvalue weighted by Gasteiger charge is -2.19. The van der Waals surface area contributed by atoms with Gasteiger partial charge in [-0.25, -0.2) is 4.79 Å². The molecule has 4 nitrogen and oxygen atoms in total. The van der Waals surface area contributed by atoms with Crippen LogP contribution in [0.3, 0.4) is 0 Å². The van der Waals surface area contributed by atoms with Crippen LogP contribution in [0.4, 0.5) is 0 Å². The van der Waals surface area contributed by atoms with Gasteiger partial charge < -0.3 is 15.4 Å². The maximum atomic E-state index is 11.4. The van der Waals surface area contributed by atoms with E-state index in [1.165, 1.54) is 7.11 Å². The minimum absolute atomic E-state index is 0.274. The van der Waals surface area contributed by atoms with Gasteiger partial charge in [0.1, 0.15) is 6.04 Å². The zero-order chi connectivity index (χ0) is 11.8. The minimum Gasteiger partial charge on any atom is -0.467 e. The Morgan fingerprint density at radius 2 is 2.07 bits per heavy atom. The van der Waals surface area contributed by atoms with Crippen molar-refractivity contribution in [3.05, 3.63) is 0 Å². The van der Waals surface area contributed by atoms with Gasteiger partial charge in [-0.05, 0) is 31.5 Å². The fraction of sp³-hybridized carbons (Fsp3) is 0.800. The van der Waals surface area contributed by atoms with Gasteiger partial charge in [0.15, 0.2) is 5.11 Å². The van der Waals surface area contributed by atoms with Crippen molar-refractivity contribution in [1.82, 2.24) is 10.6 Å². The molecule has 0 aliphatic heterocycles. The summed E-state index contributed by atoms with van der Waals surface area (Å²) in [6, 6.07) is -0.360. The first-order chi connectivity index (χ1) is 7.01.